The Morgan fingerprint density at radius 3 is 1.90 bits per heavy atom. The minimum absolute atomic E-state index is 0.285. The third-order valence-electron chi connectivity index (χ3n) is 5.09. The van der Waals surface area contributed by atoms with Crippen LogP contribution in [0.1, 0.15) is 0 Å². The third-order valence-corrected chi connectivity index (χ3v) is 5.09. The smallest absolute Gasteiger partial charge is 0.229 e. The largest absolute Gasteiger partial charge is 0.462 e. The SMILES string of the molecule is Nc1ccc(O[C@H]2O[C@H](CO)[C@H](O)[C@H](O[C@@H]3O[C@H](CO)[C@H](O)[C@H](O)[C@H]3O)[C@H]2O)cc1. The topological polar surface area (TPSA) is 205 Å². The summed E-state index contributed by atoms with van der Waals surface area (Å²) in [6.45, 7) is -1.31. The summed E-state index contributed by atoms with van der Waals surface area (Å²) in [5, 5.41) is 69.8. The number of anilines is 1. The molecule has 3 rings (SSSR count). The summed E-state index contributed by atoms with van der Waals surface area (Å²) in [4.78, 5) is 0. The van der Waals surface area contributed by atoms with Crippen molar-refractivity contribution in [3.05, 3.63) is 24.3 Å². The number of nitrogen functional groups attached to an aromatic ring is 1. The lowest BCUT2D eigenvalue weighted by Gasteiger charge is -2.45. The second-order valence-electron chi connectivity index (χ2n) is 7.19. The Bertz CT molecular complexity index is 675. The molecule has 2 aliphatic heterocycles. The first-order valence-electron chi connectivity index (χ1n) is 9.37. The maximum atomic E-state index is 10.6. The predicted octanol–water partition coefficient (Wildman–Crippen LogP) is -3.73. The highest BCUT2D eigenvalue weighted by atomic mass is 16.7. The molecule has 0 radical (unpaired) electrons. The van der Waals surface area contributed by atoms with E-state index in [-0.39, 0.29) is 5.75 Å². The van der Waals surface area contributed by atoms with Gasteiger partial charge in [-0.2, -0.15) is 0 Å². The molecule has 0 unspecified atom stereocenters. The molecule has 0 aromatic heterocycles. The minimum atomic E-state index is -1.74. The summed E-state index contributed by atoms with van der Waals surface area (Å²) >= 11 is 0. The Balaban J connectivity index is 1.76. The highest BCUT2D eigenvalue weighted by Crippen LogP contribution is 2.30. The monoisotopic (exact) mass is 433 g/mol. The van der Waals surface area contributed by atoms with E-state index in [0.717, 1.165) is 0 Å². The van der Waals surface area contributed by atoms with Gasteiger partial charge >= 0.3 is 0 Å². The van der Waals surface area contributed by atoms with Crippen LogP contribution in [0, 0.1) is 0 Å². The van der Waals surface area contributed by atoms with Crippen molar-refractivity contribution in [2.75, 3.05) is 18.9 Å². The fourth-order valence-electron chi connectivity index (χ4n) is 3.33. The Morgan fingerprint density at radius 2 is 1.30 bits per heavy atom. The van der Waals surface area contributed by atoms with Gasteiger partial charge in [0.2, 0.25) is 6.29 Å². The maximum absolute atomic E-state index is 10.6. The van der Waals surface area contributed by atoms with Gasteiger partial charge < -0.3 is 60.4 Å². The van der Waals surface area contributed by atoms with Crippen LogP contribution in [0.2, 0.25) is 0 Å². The highest BCUT2D eigenvalue weighted by Gasteiger charge is 2.51. The zero-order valence-electron chi connectivity index (χ0n) is 15.8. The molecule has 170 valence electrons. The lowest BCUT2D eigenvalue weighted by molar-refractivity contribution is -0.352. The zero-order chi connectivity index (χ0) is 22.0. The third kappa shape index (κ3) is 4.68. The average Bonchev–Trinajstić information content (AvgIpc) is 2.74. The van der Waals surface area contributed by atoms with Crippen LogP contribution in [-0.2, 0) is 14.2 Å². The van der Waals surface area contributed by atoms with Gasteiger partial charge in [-0.15, -0.1) is 0 Å². The molecule has 2 fully saturated rings. The summed E-state index contributed by atoms with van der Waals surface area (Å²) < 4.78 is 21.7. The fourth-order valence-corrected chi connectivity index (χ4v) is 3.33. The molecule has 2 heterocycles. The van der Waals surface area contributed by atoms with Crippen LogP contribution in [0.15, 0.2) is 24.3 Å². The van der Waals surface area contributed by atoms with Gasteiger partial charge in [0.1, 0.15) is 54.6 Å². The molecular formula is C18H27NO11. The van der Waals surface area contributed by atoms with Crippen LogP contribution >= 0.6 is 0 Å². The maximum Gasteiger partial charge on any atom is 0.229 e. The molecule has 0 aliphatic carbocycles. The van der Waals surface area contributed by atoms with Gasteiger partial charge in [-0.05, 0) is 24.3 Å². The van der Waals surface area contributed by atoms with Gasteiger partial charge in [0.05, 0.1) is 13.2 Å². The first kappa shape index (κ1) is 23.1. The molecule has 2 aliphatic rings. The normalized spacial score (nSPS) is 42.1. The van der Waals surface area contributed by atoms with E-state index in [4.69, 9.17) is 24.7 Å². The second-order valence-corrected chi connectivity index (χ2v) is 7.19. The number of hydrogen-bond donors (Lipinski definition) is 8. The van der Waals surface area contributed by atoms with Crippen LogP contribution in [-0.4, -0.2) is 110 Å². The first-order valence-corrected chi connectivity index (χ1v) is 9.37. The van der Waals surface area contributed by atoms with Crippen molar-refractivity contribution in [2.45, 2.75) is 61.4 Å². The zero-order valence-corrected chi connectivity index (χ0v) is 15.8. The van der Waals surface area contributed by atoms with Crippen LogP contribution in [0.5, 0.6) is 5.75 Å². The number of benzene rings is 1. The summed E-state index contributed by atoms with van der Waals surface area (Å²) in [6, 6.07) is 6.17. The Morgan fingerprint density at radius 1 is 0.733 bits per heavy atom. The number of rotatable bonds is 6. The molecule has 1 aromatic rings. The summed E-state index contributed by atoms with van der Waals surface area (Å²) in [5.41, 5.74) is 6.10. The van der Waals surface area contributed by atoms with Gasteiger partial charge in [0, 0.05) is 5.69 Å². The standard InChI is InChI=1S/C18H27NO11/c19-7-1-3-8(4-2-7)27-18-15(26)16(12(23)10(6-21)29-18)30-17-14(25)13(24)11(22)9(5-20)28-17/h1-4,9-18,20-26H,5-6,19H2/t9-,10-,11+,12+,13+,14-,15-,16+,17+,18+/m1/s1. The molecule has 0 bridgehead atoms. The van der Waals surface area contributed by atoms with Crippen molar-refractivity contribution >= 4 is 5.69 Å². The number of aliphatic hydroxyl groups excluding tert-OH is 7. The van der Waals surface area contributed by atoms with E-state index in [0.29, 0.717) is 5.69 Å². The van der Waals surface area contributed by atoms with Crippen molar-refractivity contribution in [1.82, 2.24) is 0 Å². The molecule has 12 nitrogen and oxygen atoms in total. The molecule has 10 atom stereocenters. The van der Waals surface area contributed by atoms with Crippen LogP contribution < -0.4 is 10.5 Å². The van der Waals surface area contributed by atoms with Crippen molar-refractivity contribution in [2.24, 2.45) is 0 Å². The first-order chi connectivity index (χ1) is 14.3. The Labute approximate surface area is 171 Å². The number of hydrogen-bond acceptors (Lipinski definition) is 12. The van der Waals surface area contributed by atoms with Gasteiger partial charge in [0.15, 0.2) is 6.29 Å². The van der Waals surface area contributed by atoms with E-state index < -0.39 is 74.6 Å². The fraction of sp³-hybridized carbons (Fsp3) is 0.667. The quantitative estimate of drug-likeness (QED) is 0.204. The molecule has 0 amide bonds. The van der Waals surface area contributed by atoms with E-state index in [1.54, 1.807) is 12.1 Å². The molecule has 2 saturated heterocycles. The lowest BCUT2D eigenvalue weighted by atomic mass is 9.97. The Hall–Kier alpha value is -1.58. The van der Waals surface area contributed by atoms with Crippen LogP contribution in [0.3, 0.4) is 0 Å². The molecule has 0 spiro atoms. The van der Waals surface area contributed by atoms with E-state index in [1.807, 2.05) is 0 Å². The summed E-state index contributed by atoms with van der Waals surface area (Å²) in [6.07, 6.45) is -15.1. The minimum Gasteiger partial charge on any atom is -0.462 e. The average molecular weight is 433 g/mol. The number of ether oxygens (including phenoxy) is 4. The second kappa shape index (κ2) is 9.70. The summed E-state index contributed by atoms with van der Waals surface area (Å²) in [7, 11) is 0. The van der Waals surface area contributed by atoms with E-state index in [2.05, 4.69) is 0 Å². The predicted molar refractivity (Wildman–Crippen MR) is 97.9 cm³/mol. The summed E-state index contributed by atoms with van der Waals surface area (Å²) in [5.74, 6) is 0.285. The van der Waals surface area contributed by atoms with E-state index in [9.17, 15) is 35.7 Å². The molecular weight excluding hydrogens is 406 g/mol. The molecule has 1 aromatic carbocycles. The van der Waals surface area contributed by atoms with Gasteiger partial charge in [0.25, 0.3) is 0 Å². The van der Waals surface area contributed by atoms with Crippen LogP contribution in [0.25, 0.3) is 0 Å². The van der Waals surface area contributed by atoms with E-state index >= 15 is 0 Å². The van der Waals surface area contributed by atoms with Gasteiger partial charge in [-0.1, -0.05) is 0 Å². The Kier molecular flexibility index (Phi) is 7.47. The van der Waals surface area contributed by atoms with Crippen LogP contribution in [0.4, 0.5) is 5.69 Å². The van der Waals surface area contributed by atoms with Crippen molar-refractivity contribution in [1.29, 1.82) is 0 Å². The van der Waals surface area contributed by atoms with Crippen molar-refractivity contribution in [3.8, 4) is 5.75 Å². The highest BCUT2D eigenvalue weighted by molar-refractivity contribution is 5.41. The number of aliphatic hydroxyl groups is 7. The van der Waals surface area contributed by atoms with Gasteiger partial charge in [-0.25, -0.2) is 0 Å². The van der Waals surface area contributed by atoms with E-state index in [1.165, 1.54) is 12.1 Å². The lowest BCUT2D eigenvalue weighted by Crippen LogP contribution is -2.65. The van der Waals surface area contributed by atoms with Crippen molar-refractivity contribution in [3.63, 3.8) is 0 Å². The molecule has 0 saturated carbocycles. The van der Waals surface area contributed by atoms with Crippen molar-refractivity contribution < 1.29 is 54.7 Å². The molecule has 12 heteroatoms. The molecule has 30 heavy (non-hydrogen) atoms. The number of nitrogens with two attached hydrogens (primary N) is 1. The van der Waals surface area contributed by atoms with Gasteiger partial charge in [-0.3, -0.25) is 0 Å². The molecule has 9 N–H and O–H groups in total.